The second-order valence-corrected chi connectivity index (χ2v) is 5.01. The van der Waals surface area contributed by atoms with E-state index >= 15 is 0 Å². The van der Waals surface area contributed by atoms with Crippen molar-refractivity contribution in [1.29, 1.82) is 0 Å². The molecule has 0 saturated heterocycles. The number of halogens is 1. The molecule has 0 bridgehead atoms. The van der Waals surface area contributed by atoms with Crippen LogP contribution in [0.5, 0.6) is 11.5 Å². The highest BCUT2D eigenvalue weighted by Crippen LogP contribution is 2.32. The van der Waals surface area contributed by atoms with Crippen LogP contribution in [0.15, 0.2) is 40.9 Å². The van der Waals surface area contributed by atoms with Gasteiger partial charge in [0.25, 0.3) is 5.91 Å². The minimum absolute atomic E-state index is 0.257. The molecule has 0 aromatic heterocycles. The van der Waals surface area contributed by atoms with Crippen LogP contribution in [-0.4, -0.2) is 5.91 Å². The Labute approximate surface area is 119 Å². The van der Waals surface area contributed by atoms with E-state index in [1.165, 1.54) is 6.07 Å². The number of primary amides is 1. The Morgan fingerprint density at radius 3 is 2.47 bits per heavy atom. The summed E-state index contributed by atoms with van der Waals surface area (Å²) in [6, 6.07) is 10.4. The molecule has 0 fully saturated rings. The standard InChI is InChI=1S/C14H13BrN2O2/c1-8-2-4-13(11(15)6-8)19-12-5-3-9(16)7-10(12)14(17)18/h2-7H,16H2,1H3,(H2,17,18). The first-order valence-corrected chi connectivity index (χ1v) is 6.40. The summed E-state index contributed by atoms with van der Waals surface area (Å²) < 4.78 is 6.51. The maximum atomic E-state index is 11.4. The molecule has 0 aliphatic heterocycles. The summed E-state index contributed by atoms with van der Waals surface area (Å²) >= 11 is 3.41. The highest BCUT2D eigenvalue weighted by Gasteiger charge is 2.12. The van der Waals surface area contributed by atoms with Crippen molar-refractivity contribution >= 4 is 27.5 Å². The van der Waals surface area contributed by atoms with Crippen molar-refractivity contribution in [3.05, 3.63) is 52.0 Å². The number of nitrogen functional groups attached to an aromatic ring is 1. The van der Waals surface area contributed by atoms with E-state index in [0.29, 0.717) is 17.2 Å². The van der Waals surface area contributed by atoms with Crippen molar-refractivity contribution in [3.63, 3.8) is 0 Å². The molecule has 0 unspecified atom stereocenters. The molecule has 19 heavy (non-hydrogen) atoms. The largest absolute Gasteiger partial charge is 0.455 e. The number of rotatable bonds is 3. The third-order valence-electron chi connectivity index (χ3n) is 2.58. The van der Waals surface area contributed by atoms with E-state index in [1.54, 1.807) is 12.1 Å². The molecule has 0 heterocycles. The molecule has 98 valence electrons. The monoisotopic (exact) mass is 320 g/mol. The summed E-state index contributed by atoms with van der Waals surface area (Å²) in [5, 5.41) is 0. The van der Waals surface area contributed by atoms with Gasteiger partial charge in [-0.05, 0) is 58.7 Å². The predicted octanol–water partition coefficient (Wildman–Crippen LogP) is 3.23. The van der Waals surface area contributed by atoms with E-state index in [0.717, 1.165) is 10.0 Å². The van der Waals surface area contributed by atoms with Crippen LogP contribution in [0.4, 0.5) is 5.69 Å². The number of benzene rings is 2. The zero-order valence-electron chi connectivity index (χ0n) is 10.3. The maximum Gasteiger partial charge on any atom is 0.252 e. The first kappa shape index (κ1) is 13.4. The Balaban J connectivity index is 2.40. The van der Waals surface area contributed by atoms with Crippen LogP contribution in [0.25, 0.3) is 0 Å². The molecule has 4 N–H and O–H groups in total. The van der Waals surface area contributed by atoms with Crippen LogP contribution in [0.3, 0.4) is 0 Å². The van der Waals surface area contributed by atoms with Gasteiger partial charge in [0.2, 0.25) is 0 Å². The fourth-order valence-electron chi connectivity index (χ4n) is 1.64. The van der Waals surface area contributed by atoms with E-state index in [-0.39, 0.29) is 5.56 Å². The molecule has 0 saturated carbocycles. The molecular weight excluding hydrogens is 308 g/mol. The molecule has 0 aliphatic rings. The number of anilines is 1. The number of carbonyl (C=O) groups excluding carboxylic acids is 1. The lowest BCUT2D eigenvalue weighted by Gasteiger charge is -2.11. The normalized spacial score (nSPS) is 10.2. The van der Waals surface area contributed by atoms with E-state index in [1.807, 2.05) is 25.1 Å². The van der Waals surface area contributed by atoms with Crippen LogP contribution in [0.1, 0.15) is 15.9 Å². The number of carbonyl (C=O) groups is 1. The Morgan fingerprint density at radius 1 is 1.16 bits per heavy atom. The van der Waals surface area contributed by atoms with Crippen LogP contribution in [-0.2, 0) is 0 Å². The molecular formula is C14H13BrN2O2. The lowest BCUT2D eigenvalue weighted by Crippen LogP contribution is -2.12. The molecule has 2 aromatic carbocycles. The molecule has 0 atom stereocenters. The van der Waals surface area contributed by atoms with E-state index in [2.05, 4.69) is 15.9 Å². The smallest absolute Gasteiger partial charge is 0.252 e. The highest BCUT2D eigenvalue weighted by molar-refractivity contribution is 9.10. The SMILES string of the molecule is Cc1ccc(Oc2ccc(N)cc2C(N)=O)c(Br)c1. The summed E-state index contributed by atoms with van der Waals surface area (Å²) in [4.78, 5) is 11.4. The van der Waals surface area contributed by atoms with Gasteiger partial charge in [0.05, 0.1) is 10.0 Å². The lowest BCUT2D eigenvalue weighted by molar-refractivity contribution is 0.0998. The van der Waals surface area contributed by atoms with Gasteiger partial charge >= 0.3 is 0 Å². The van der Waals surface area contributed by atoms with Gasteiger partial charge in [-0.2, -0.15) is 0 Å². The molecule has 2 aromatic rings. The summed E-state index contributed by atoms with van der Waals surface area (Å²) in [6.07, 6.45) is 0. The van der Waals surface area contributed by atoms with Crippen LogP contribution in [0, 0.1) is 6.92 Å². The van der Waals surface area contributed by atoms with Crippen molar-refractivity contribution < 1.29 is 9.53 Å². The van der Waals surface area contributed by atoms with E-state index in [9.17, 15) is 4.79 Å². The zero-order valence-corrected chi connectivity index (χ0v) is 11.9. The van der Waals surface area contributed by atoms with Crippen molar-refractivity contribution in [2.75, 3.05) is 5.73 Å². The van der Waals surface area contributed by atoms with Gasteiger partial charge in [0.1, 0.15) is 11.5 Å². The number of amides is 1. The van der Waals surface area contributed by atoms with Crippen LogP contribution < -0.4 is 16.2 Å². The van der Waals surface area contributed by atoms with Crippen molar-refractivity contribution in [1.82, 2.24) is 0 Å². The Bertz CT molecular complexity index is 641. The first-order chi connectivity index (χ1) is 8.97. The Morgan fingerprint density at radius 2 is 1.84 bits per heavy atom. The summed E-state index contributed by atoms with van der Waals surface area (Å²) in [5.74, 6) is 0.412. The van der Waals surface area contributed by atoms with E-state index in [4.69, 9.17) is 16.2 Å². The molecule has 0 radical (unpaired) electrons. The van der Waals surface area contributed by atoms with Crippen molar-refractivity contribution in [3.8, 4) is 11.5 Å². The minimum Gasteiger partial charge on any atom is -0.455 e. The number of hydrogen-bond donors (Lipinski definition) is 2. The van der Waals surface area contributed by atoms with Crippen molar-refractivity contribution in [2.45, 2.75) is 6.92 Å². The average Bonchev–Trinajstić information content (AvgIpc) is 2.34. The number of hydrogen-bond acceptors (Lipinski definition) is 3. The molecule has 0 spiro atoms. The second kappa shape index (κ2) is 5.32. The third kappa shape index (κ3) is 3.06. The van der Waals surface area contributed by atoms with Gasteiger partial charge < -0.3 is 16.2 Å². The zero-order chi connectivity index (χ0) is 14.0. The highest BCUT2D eigenvalue weighted by atomic mass is 79.9. The van der Waals surface area contributed by atoms with Crippen LogP contribution >= 0.6 is 15.9 Å². The number of ether oxygens (including phenoxy) is 1. The Hall–Kier alpha value is -2.01. The van der Waals surface area contributed by atoms with Gasteiger partial charge in [-0.25, -0.2) is 0 Å². The van der Waals surface area contributed by atoms with Gasteiger partial charge in [-0.15, -0.1) is 0 Å². The second-order valence-electron chi connectivity index (χ2n) is 4.16. The minimum atomic E-state index is -0.578. The van der Waals surface area contributed by atoms with Gasteiger partial charge in [0.15, 0.2) is 0 Å². The first-order valence-electron chi connectivity index (χ1n) is 5.60. The fourth-order valence-corrected chi connectivity index (χ4v) is 2.21. The van der Waals surface area contributed by atoms with Gasteiger partial charge in [-0.3, -0.25) is 4.79 Å². The lowest BCUT2D eigenvalue weighted by atomic mass is 10.1. The molecule has 4 nitrogen and oxygen atoms in total. The van der Waals surface area contributed by atoms with E-state index < -0.39 is 5.91 Å². The number of nitrogens with two attached hydrogens (primary N) is 2. The van der Waals surface area contributed by atoms with Gasteiger partial charge in [-0.1, -0.05) is 6.07 Å². The topological polar surface area (TPSA) is 78.3 Å². The van der Waals surface area contributed by atoms with Gasteiger partial charge in [0, 0.05) is 5.69 Å². The van der Waals surface area contributed by atoms with Crippen LogP contribution in [0.2, 0.25) is 0 Å². The van der Waals surface area contributed by atoms with Crippen molar-refractivity contribution in [2.24, 2.45) is 5.73 Å². The molecule has 2 rings (SSSR count). The fraction of sp³-hybridized carbons (Fsp3) is 0.0714. The summed E-state index contributed by atoms with van der Waals surface area (Å²) in [7, 11) is 0. The number of aryl methyl sites for hydroxylation is 1. The predicted molar refractivity (Wildman–Crippen MR) is 78.3 cm³/mol. The summed E-state index contributed by atoms with van der Waals surface area (Å²) in [5.41, 5.74) is 12.8. The average molecular weight is 321 g/mol. The molecule has 1 amide bonds. The summed E-state index contributed by atoms with van der Waals surface area (Å²) in [6.45, 7) is 1.98. The Kier molecular flexibility index (Phi) is 3.76. The maximum absolute atomic E-state index is 11.4. The third-order valence-corrected chi connectivity index (χ3v) is 3.20. The molecule has 5 heteroatoms. The molecule has 0 aliphatic carbocycles. The quantitative estimate of drug-likeness (QED) is 0.852.